The molecule has 0 saturated heterocycles. The number of pyridine rings is 1. The SMILES string of the molecule is COc1cc(C(N)=O)ccc1-c1cc(C(=O)O)c2ccccc2n1. The van der Waals surface area contributed by atoms with Gasteiger partial charge in [0.05, 0.1) is 23.9 Å². The van der Waals surface area contributed by atoms with Gasteiger partial charge in [0.15, 0.2) is 0 Å². The molecule has 1 amide bonds. The molecule has 1 aromatic heterocycles. The molecule has 1 heterocycles. The van der Waals surface area contributed by atoms with Crippen LogP contribution >= 0.6 is 0 Å². The molecule has 0 radical (unpaired) electrons. The van der Waals surface area contributed by atoms with Crippen LogP contribution in [0.25, 0.3) is 22.2 Å². The van der Waals surface area contributed by atoms with Gasteiger partial charge in [-0.15, -0.1) is 0 Å². The molecule has 0 fully saturated rings. The van der Waals surface area contributed by atoms with E-state index in [2.05, 4.69) is 4.98 Å². The molecule has 0 aliphatic heterocycles. The average molecular weight is 322 g/mol. The summed E-state index contributed by atoms with van der Waals surface area (Å²) in [5.74, 6) is -1.22. The summed E-state index contributed by atoms with van der Waals surface area (Å²) in [5.41, 5.74) is 7.31. The van der Waals surface area contributed by atoms with E-state index in [-0.39, 0.29) is 5.56 Å². The number of methoxy groups -OCH3 is 1. The molecule has 0 unspecified atom stereocenters. The zero-order chi connectivity index (χ0) is 17.3. The predicted octanol–water partition coefficient (Wildman–Crippen LogP) is 2.71. The van der Waals surface area contributed by atoms with Gasteiger partial charge in [0.25, 0.3) is 0 Å². The standard InChI is InChI=1S/C18H14N2O4/c1-24-16-8-10(17(19)21)6-7-12(16)15-9-13(18(22)23)11-4-2-3-5-14(11)20-15/h2-9H,1H3,(H2,19,21)(H,22,23). The highest BCUT2D eigenvalue weighted by atomic mass is 16.5. The number of carboxylic acid groups (broad SMARTS) is 1. The van der Waals surface area contributed by atoms with Gasteiger partial charge < -0.3 is 15.6 Å². The van der Waals surface area contributed by atoms with Gasteiger partial charge in [0.1, 0.15) is 5.75 Å². The highest BCUT2D eigenvalue weighted by Gasteiger charge is 2.16. The number of hydrogen-bond acceptors (Lipinski definition) is 4. The summed E-state index contributed by atoms with van der Waals surface area (Å²) in [6, 6.07) is 13.2. The Kier molecular flexibility index (Phi) is 3.87. The lowest BCUT2D eigenvalue weighted by Crippen LogP contribution is -2.11. The van der Waals surface area contributed by atoms with E-state index in [0.717, 1.165) is 0 Å². The van der Waals surface area contributed by atoms with Crippen LogP contribution in [0.5, 0.6) is 5.75 Å². The molecule has 0 aliphatic carbocycles. The number of para-hydroxylation sites is 1. The fraction of sp³-hybridized carbons (Fsp3) is 0.0556. The Hall–Kier alpha value is -3.41. The van der Waals surface area contributed by atoms with Crippen LogP contribution in [0.3, 0.4) is 0 Å². The van der Waals surface area contributed by atoms with Gasteiger partial charge in [0.2, 0.25) is 5.91 Å². The summed E-state index contributed by atoms with van der Waals surface area (Å²) in [6.45, 7) is 0. The third-order valence-corrected chi connectivity index (χ3v) is 3.71. The van der Waals surface area contributed by atoms with Gasteiger partial charge in [0, 0.05) is 16.5 Å². The van der Waals surface area contributed by atoms with E-state index >= 15 is 0 Å². The Morgan fingerprint density at radius 3 is 2.54 bits per heavy atom. The first kappa shape index (κ1) is 15.5. The second-order valence-corrected chi connectivity index (χ2v) is 5.16. The molecular weight excluding hydrogens is 308 g/mol. The number of hydrogen-bond donors (Lipinski definition) is 2. The van der Waals surface area contributed by atoms with E-state index in [1.807, 2.05) is 0 Å². The summed E-state index contributed by atoms with van der Waals surface area (Å²) in [7, 11) is 1.46. The zero-order valence-corrected chi connectivity index (χ0v) is 12.8. The number of aromatic carboxylic acids is 1. The third-order valence-electron chi connectivity index (χ3n) is 3.71. The Labute approximate surface area is 137 Å². The maximum Gasteiger partial charge on any atom is 0.336 e. The van der Waals surface area contributed by atoms with E-state index in [1.54, 1.807) is 36.4 Å². The first-order valence-corrected chi connectivity index (χ1v) is 7.12. The summed E-state index contributed by atoms with van der Waals surface area (Å²) in [6.07, 6.45) is 0. The lowest BCUT2D eigenvalue weighted by atomic mass is 10.0. The van der Waals surface area contributed by atoms with Crippen LogP contribution in [-0.2, 0) is 0 Å². The highest BCUT2D eigenvalue weighted by molar-refractivity contribution is 6.04. The Morgan fingerprint density at radius 1 is 1.12 bits per heavy atom. The van der Waals surface area contributed by atoms with Crippen molar-refractivity contribution in [2.24, 2.45) is 5.73 Å². The van der Waals surface area contributed by atoms with Gasteiger partial charge in [-0.25, -0.2) is 9.78 Å². The number of aromatic nitrogens is 1. The normalized spacial score (nSPS) is 10.5. The van der Waals surface area contributed by atoms with Crippen molar-refractivity contribution in [3.63, 3.8) is 0 Å². The van der Waals surface area contributed by atoms with Gasteiger partial charge in [-0.2, -0.15) is 0 Å². The molecule has 3 aromatic rings. The van der Waals surface area contributed by atoms with E-state index in [4.69, 9.17) is 10.5 Å². The largest absolute Gasteiger partial charge is 0.496 e. The number of nitrogens with zero attached hydrogens (tertiary/aromatic N) is 1. The Balaban J connectivity index is 2.26. The smallest absolute Gasteiger partial charge is 0.336 e. The number of fused-ring (bicyclic) bond motifs is 1. The van der Waals surface area contributed by atoms with Gasteiger partial charge >= 0.3 is 5.97 Å². The number of carbonyl (C=O) groups excluding carboxylic acids is 1. The van der Waals surface area contributed by atoms with Crippen molar-refractivity contribution < 1.29 is 19.4 Å². The van der Waals surface area contributed by atoms with Crippen molar-refractivity contribution in [2.75, 3.05) is 7.11 Å². The summed E-state index contributed by atoms with van der Waals surface area (Å²) < 4.78 is 5.31. The fourth-order valence-corrected chi connectivity index (χ4v) is 2.55. The van der Waals surface area contributed by atoms with E-state index < -0.39 is 11.9 Å². The van der Waals surface area contributed by atoms with Crippen LogP contribution in [0.15, 0.2) is 48.5 Å². The third kappa shape index (κ3) is 2.65. The lowest BCUT2D eigenvalue weighted by Gasteiger charge is -2.11. The fourth-order valence-electron chi connectivity index (χ4n) is 2.55. The number of nitrogens with two attached hydrogens (primary N) is 1. The molecule has 0 bridgehead atoms. The minimum atomic E-state index is -1.04. The molecule has 120 valence electrons. The topological polar surface area (TPSA) is 103 Å². The van der Waals surface area contributed by atoms with Crippen molar-refractivity contribution in [1.82, 2.24) is 4.98 Å². The van der Waals surface area contributed by atoms with E-state index in [1.165, 1.54) is 19.2 Å². The van der Waals surface area contributed by atoms with Gasteiger partial charge in [-0.3, -0.25) is 4.79 Å². The second-order valence-electron chi connectivity index (χ2n) is 5.16. The first-order valence-electron chi connectivity index (χ1n) is 7.12. The number of rotatable bonds is 4. The van der Waals surface area contributed by atoms with Crippen LogP contribution in [0, 0.1) is 0 Å². The summed E-state index contributed by atoms with van der Waals surface area (Å²) >= 11 is 0. The van der Waals surface area contributed by atoms with Crippen molar-refractivity contribution in [1.29, 1.82) is 0 Å². The summed E-state index contributed by atoms with van der Waals surface area (Å²) in [4.78, 5) is 27.4. The average Bonchev–Trinajstić information content (AvgIpc) is 2.59. The van der Waals surface area contributed by atoms with Crippen LogP contribution in [0.4, 0.5) is 0 Å². The van der Waals surface area contributed by atoms with E-state index in [0.29, 0.717) is 33.5 Å². The number of benzene rings is 2. The van der Waals surface area contributed by atoms with Crippen LogP contribution in [0.1, 0.15) is 20.7 Å². The maximum absolute atomic E-state index is 11.6. The van der Waals surface area contributed by atoms with Crippen LogP contribution < -0.4 is 10.5 Å². The van der Waals surface area contributed by atoms with Crippen molar-refractivity contribution >= 4 is 22.8 Å². The van der Waals surface area contributed by atoms with Crippen LogP contribution in [-0.4, -0.2) is 29.1 Å². The summed E-state index contributed by atoms with van der Waals surface area (Å²) in [5, 5.41) is 10.0. The Morgan fingerprint density at radius 2 is 1.88 bits per heavy atom. The quantitative estimate of drug-likeness (QED) is 0.769. The molecule has 3 N–H and O–H groups in total. The molecule has 2 aromatic carbocycles. The van der Waals surface area contributed by atoms with Crippen molar-refractivity contribution in [3.05, 3.63) is 59.7 Å². The molecule has 6 nitrogen and oxygen atoms in total. The number of amides is 1. The molecule has 3 rings (SSSR count). The van der Waals surface area contributed by atoms with E-state index in [9.17, 15) is 14.7 Å². The highest BCUT2D eigenvalue weighted by Crippen LogP contribution is 2.32. The molecule has 0 saturated carbocycles. The molecule has 0 aliphatic rings. The minimum Gasteiger partial charge on any atom is -0.496 e. The molecule has 24 heavy (non-hydrogen) atoms. The minimum absolute atomic E-state index is 0.150. The Bertz CT molecular complexity index is 966. The second kappa shape index (κ2) is 6.00. The molecule has 6 heteroatoms. The van der Waals surface area contributed by atoms with Gasteiger partial charge in [-0.05, 0) is 30.3 Å². The number of primary amides is 1. The van der Waals surface area contributed by atoms with Crippen LogP contribution in [0.2, 0.25) is 0 Å². The first-order chi connectivity index (χ1) is 11.5. The lowest BCUT2D eigenvalue weighted by molar-refractivity contribution is 0.0698. The van der Waals surface area contributed by atoms with Crippen molar-refractivity contribution in [3.8, 4) is 17.0 Å². The van der Waals surface area contributed by atoms with Crippen molar-refractivity contribution in [2.45, 2.75) is 0 Å². The number of carbonyl (C=O) groups is 2. The predicted molar refractivity (Wildman–Crippen MR) is 89.2 cm³/mol. The molecule has 0 atom stereocenters. The monoisotopic (exact) mass is 322 g/mol. The molecule has 0 spiro atoms. The molecular formula is C18H14N2O4. The number of carboxylic acids is 1. The number of ether oxygens (including phenoxy) is 1. The maximum atomic E-state index is 11.6. The van der Waals surface area contributed by atoms with Gasteiger partial charge in [-0.1, -0.05) is 18.2 Å². The zero-order valence-electron chi connectivity index (χ0n) is 12.8.